The molecule has 0 bridgehead atoms. The summed E-state index contributed by atoms with van der Waals surface area (Å²) in [6, 6.07) is 6.56. The van der Waals surface area contributed by atoms with Gasteiger partial charge < -0.3 is 15.5 Å². The van der Waals surface area contributed by atoms with Crippen molar-refractivity contribution in [2.75, 3.05) is 70.3 Å². The molecule has 0 spiro atoms. The van der Waals surface area contributed by atoms with Gasteiger partial charge in [0.1, 0.15) is 5.82 Å². The lowest BCUT2D eigenvalue weighted by atomic mass is 10.2. The van der Waals surface area contributed by atoms with Crippen molar-refractivity contribution in [3.05, 3.63) is 30.1 Å². The number of benzene rings is 1. The molecule has 2 aliphatic rings. The minimum atomic E-state index is -4.16. The van der Waals surface area contributed by atoms with Crippen molar-refractivity contribution in [1.29, 1.82) is 0 Å². The zero-order chi connectivity index (χ0) is 22.3. The highest BCUT2D eigenvalue weighted by Gasteiger charge is 2.34. The van der Waals surface area contributed by atoms with E-state index in [9.17, 15) is 17.6 Å². The van der Waals surface area contributed by atoms with Gasteiger partial charge in [0, 0.05) is 64.1 Å². The first kappa shape index (κ1) is 23.6. The predicted octanol–water partition coefficient (Wildman–Crippen LogP) is 2.14. The van der Waals surface area contributed by atoms with E-state index < -0.39 is 12.7 Å². The first-order valence-electron chi connectivity index (χ1n) is 10.9. The van der Waals surface area contributed by atoms with Crippen LogP contribution in [-0.4, -0.2) is 93.4 Å². The molecule has 2 saturated heterocycles. The van der Waals surface area contributed by atoms with Gasteiger partial charge in [0.25, 0.3) is 0 Å². The maximum Gasteiger partial charge on any atom is 0.401 e. The molecule has 0 amide bonds. The van der Waals surface area contributed by atoms with Crippen molar-refractivity contribution in [2.45, 2.75) is 25.6 Å². The van der Waals surface area contributed by atoms with E-state index in [4.69, 9.17) is 0 Å². The van der Waals surface area contributed by atoms with E-state index in [2.05, 4.69) is 25.4 Å². The van der Waals surface area contributed by atoms with E-state index in [0.29, 0.717) is 38.6 Å². The van der Waals surface area contributed by atoms with Crippen LogP contribution in [0, 0.1) is 5.82 Å². The van der Waals surface area contributed by atoms with Crippen LogP contribution in [0.4, 0.5) is 23.2 Å². The van der Waals surface area contributed by atoms with Gasteiger partial charge in [-0.15, -0.1) is 0 Å². The van der Waals surface area contributed by atoms with Gasteiger partial charge in [-0.2, -0.15) is 13.2 Å². The minimum absolute atomic E-state index is 0.0283. The van der Waals surface area contributed by atoms with Crippen molar-refractivity contribution < 1.29 is 17.6 Å². The Bertz CT molecular complexity index is 701. The number of nitrogens with one attached hydrogen (secondary N) is 2. The molecule has 1 atom stereocenters. The van der Waals surface area contributed by atoms with Crippen LogP contribution in [0.15, 0.2) is 29.3 Å². The number of piperazine rings is 1. The molecule has 2 N–H and O–H groups in total. The fourth-order valence-corrected chi connectivity index (χ4v) is 4.05. The molecule has 2 heterocycles. The minimum Gasteiger partial charge on any atom is -0.369 e. The number of guanidine groups is 1. The molecule has 2 aliphatic heterocycles. The van der Waals surface area contributed by atoms with Crippen LogP contribution in [0.1, 0.15) is 13.3 Å². The number of nitrogens with zero attached hydrogens (tertiary/aromatic N) is 4. The lowest BCUT2D eigenvalue weighted by molar-refractivity contribution is -0.143. The second kappa shape index (κ2) is 11.0. The Labute approximate surface area is 181 Å². The standard InChI is InChI=1S/C21H32F4N6/c1-2-26-20(28-18-7-9-30(15-18)16-21(23,24)25)27-8-10-29-11-13-31(14-12-29)19-5-3-17(22)4-6-19/h3-6,18H,2,7-16H2,1H3,(H2,26,27,28). The second-order valence-corrected chi connectivity index (χ2v) is 8.05. The normalized spacial score (nSPS) is 21.5. The van der Waals surface area contributed by atoms with Gasteiger partial charge in [-0.05, 0) is 37.6 Å². The maximum absolute atomic E-state index is 13.1. The van der Waals surface area contributed by atoms with Crippen molar-refractivity contribution in [1.82, 2.24) is 20.4 Å². The molecule has 10 heteroatoms. The molecule has 2 fully saturated rings. The molecular weight excluding hydrogens is 412 g/mol. The number of hydrogen-bond donors (Lipinski definition) is 2. The number of alkyl halides is 3. The first-order chi connectivity index (χ1) is 14.8. The summed E-state index contributed by atoms with van der Waals surface area (Å²) in [5, 5.41) is 6.46. The Morgan fingerprint density at radius 1 is 1.06 bits per heavy atom. The number of halogens is 4. The molecule has 1 aromatic rings. The summed E-state index contributed by atoms with van der Waals surface area (Å²) in [5.74, 6) is 0.433. The van der Waals surface area contributed by atoms with Crippen LogP contribution in [-0.2, 0) is 0 Å². The zero-order valence-electron chi connectivity index (χ0n) is 18.0. The third kappa shape index (κ3) is 7.84. The van der Waals surface area contributed by atoms with Crippen LogP contribution < -0.4 is 15.5 Å². The van der Waals surface area contributed by atoms with Gasteiger partial charge in [0.2, 0.25) is 0 Å². The largest absolute Gasteiger partial charge is 0.401 e. The Morgan fingerprint density at radius 2 is 1.77 bits per heavy atom. The summed E-state index contributed by atoms with van der Waals surface area (Å²) in [6.07, 6.45) is -3.49. The SMILES string of the molecule is CCNC(=NCCN1CCN(c2ccc(F)cc2)CC1)NC1CCN(CC(F)(F)F)C1. The van der Waals surface area contributed by atoms with E-state index in [0.717, 1.165) is 38.4 Å². The predicted molar refractivity (Wildman–Crippen MR) is 115 cm³/mol. The van der Waals surface area contributed by atoms with Crippen LogP contribution in [0.3, 0.4) is 0 Å². The molecule has 3 rings (SSSR count). The van der Waals surface area contributed by atoms with E-state index in [1.807, 2.05) is 19.1 Å². The highest BCUT2D eigenvalue weighted by atomic mass is 19.4. The van der Waals surface area contributed by atoms with Crippen molar-refractivity contribution in [2.24, 2.45) is 4.99 Å². The van der Waals surface area contributed by atoms with Crippen LogP contribution in [0.25, 0.3) is 0 Å². The van der Waals surface area contributed by atoms with Crippen molar-refractivity contribution in [3.63, 3.8) is 0 Å². The number of hydrogen-bond acceptors (Lipinski definition) is 4. The van der Waals surface area contributed by atoms with Crippen molar-refractivity contribution in [3.8, 4) is 0 Å². The van der Waals surface area contributed by atoms with Gasteiger partial charge in [-0.3, -0.25) is 14.8 Å². The summed E-state index contributed by atoms with van der Waals surface area (Å²) < 4.78 is 50.8. The molecule has 6 nitrogen and oxygen atoms in total. The Balaban J connectivity index is 1.40. The fourth-order valence-electron chi connectivity index (χ4n) is 4.05. The summed E-state index contributed by atoms with van der Waals surface area (Å²) in [7, 11) is 0. The van der Waals surface area contributed by atoms with Gasteiger partial charge in [0.15, 0.2) is 5.96 Å². The monoisotopic (exact) mass is 444 g/mol. The topological polar surface area (TPSA) is 46.1 Å². The summed E-state index contributed by atoms with van der Waals surface area (Å²) >= 11 is 0. The molecule has 1 unspecified atom stereocenters. The number of anilines is 1. The number of rotatable bonds is 7. The Hall–Kier alpha value is -2.07. The second-order valence-electron chi connectivity index (χ2n) is 8.05. The average Bonchev–Trinajstić information content (AvgIpc) is 3.14. The van der Waals surface area contributed by atoms with Gasteiger partial charge >= 0.3 is 6.18 Å². The molecular formula is C21H32F4N6. The molecule has 0 radical (unpaired) electrons. The average molecular weight is 445 g/mol. The molecule has 31 heavy (non-hydrogen) atoms. The zero-order valence-corrected chi connectivity index (χ0v) is 18.0. The summed E-state index contributed by atoms with van der Waals surface area (Å²) in [4.78, 5) is 10.6. The first-order valence-corrected chi connectivity index (χ1v) is 10.9. The summed E-state index contributed by atoms with van der Waals surface area (Å²) in [6.45, 7) is 7.63. The Morgan fingerprint density at radius 3 is 2.42 bits per heavy atom. The maximum atomic E-state index is 13.1. The van der Waals surface area contributed by atoms with E-state index in [1.165, 1.54) is 17.0 Å². The van der Waals surface area contributed by atoms with E-state index in [1.54, 1.807) is 0 Å². The van der Waals surface area contributed by atoms with Gasteiger partial charge in [-0.25, -0.2) is 4.39 Å². The number of likely N-dealkylation sites (tertiary alicyclic amines) is 1. The number of aliphatic imine (C=N–C) groups is 1. The Kier molecular flexibility index (Phi) is 8.36. The van der Waals surface area contributed by atoms with Crippen LogP contribution >= 0.6 is 0 Å². The highest BCUT2D eigenvalue weighted by Crippen LogP contribution is 2.20. The van der Waals surface area contributed by atoms with E-state index >= 15 is 0 Å². The smallest absolute Gasteiger partial charge is 0.369 e. The third-order valence-corrected chi connectivity index (χ3v) is 5.61. The van der Waals surface area contributed by atoms with Crippen LogP contribution in [0.2, 0.25) is 0 Å². The summed E-state index contributed by atoms with van der Waals surface area (Å²) in [5.41, 5.74) is 1.04. The third-order valence-electron chi connectivity index (χ3n) is 5.61. The molecule has 174 valence electrons. The van der Waals surface area contributed by atoms with Crippen molar-refractivity contribution >= 4 is 11.6 Å². The highest BCUT2D eigenvalue weighted by molar-refractivity contribution is 5.80. The lowest BCUT2D eigenvalue weighted by Gasteiger charge is -2.35. The molecule has 1 aromatic carbocycles. The quantitative estimate of drug-likeness (QED) is 0.383. The van der Waals surface area contributed by atoms with Gasteiger partial charge in [-0.1, -0.05) is 0 Å². The van der Waals surface area contributed by atoms with Crippen LogP contribution in [0.5, 0.6) is 0 Å². The van der Waals surface area contributed by atoms with E-state index in [-0.39, 0.29) is 11.9 Å². The molecule has 0 aliphatic carbocycles. The lowest BCUT2D eigenvalue weighted by Crippen LogP contribution is -2.48. The molecule has 0 aromatic heterocycles. The van der Waals surface area contributed by atoms with Gasteiger partial charge in [0.05, 0.1) is 13.1 Å². The fraction of sp³-hybridized carbons (Fsp3) is 0.667. The molecule has 0 saturated carbocycles.